The molecule has 0 amide bonds. The summed E-state index contributed by atoms with van der Waals surface area (Å²) in [5.74, 6) is 0.409. The molecule has 3 aromatic heterocycles. The van der Waals surface area contributed by atoms with E-state index in [2.05, 4.69) is 41.2 Å². The first-order valence-corrected chi connectivity index (χ1v) is 14.6. The minimum atomic E-state index is -0.854. The third-order valence-corrected chi connectivity index (χ3v) is 9.38. The highest BCUT2D eigenvalue weighted by molar-refractivity contribution is 7.22. The monoisotopic (exact) mass is 636 g/mol. The lowest BCUT2D eigenvalue weighted by atomic mass is 9.89. The number of likely N-dealkylation sites (tertiary alicyclic amines) is 1. The number of halogens is 3. The molecule has 0 spiro atoms. The van der Waals surface area contributed by atoms with Gasteiger partial charge in [0.2, 0.25) is 0 Å². The van der Waals surface area contributed by atoms with Crippen LogP contribution in [0.1, 0.15) is 41.8 Å². The van der Waals surface area contributed by atoms with Gasteiger partial charge in [0.25, 0.3) is 5.56 Å². The average Bonchev–Trinajstić information content (AvgIpc) is 3.62. The van der Waals surface area contributed by atoms with Crippen molar-refractivity contribution in [1.82, 2.24) is 19.4 Å². The molecule has 0 aliphatic carbocycles. The van der Waals surface area contributed by atoms with Crippen LogP contribution in [0.15, 0.2) is 89.9 Å². The van der Waals surface area contributed by atoms with Crippen LogP contribution in [0.3, 0.4) is 0 Å². The van der Waals surface area contributed by atoms with E-state index in [1.54, 1.807) is 17.5 Å². The van der Waals surface area contributed by atoms with Gasteiger partial charge in [-0.15, -0.1) is 36.2 Å². The molecule has 0 radical (unpaired) electrons. The number of phenols is 1. The molecule has 1 unspecified atom stereocenters. The van der Waals surface area contributed by atoms with Crippen LogP contribution in [0.5, 0.6) is 5.75 Å². The molecule has 3 aromatic carbocycles. The Balaban J connectivity index is 0.00000184. The van der Waals surface area contributed by atoms with Gasteiger partial charge < -0.3 is 15.0 Å². The molecule has 0 bridgehead atoms. The van der Waals surface area contributed by atoms with Gasteiger partial charge in [0.05, 0.1) is 16.4 Å². The topological polar surface area (TPSA) is 74.2 Å². The molecule has 4 heterocycles. The lowest BCUT2D eigenvalue weighted by Gasteiger charge is -2.29. The quantitative estimate of drug-likeness (QED) is 0.203. The van der Waals surface area contributed by atoms with Crippen LogP contribution >= 0.6 is 36.2 Å². The van der Waals surface area contributed by atoms with Crippen molar-refractivity contribution in [3.8, 4) is 16.2 Å². The van der Waals surface area contributed by atoms with Crippen LogP contribution in [-0.2, 0) is 0 Å². The number of benzene rings is 3. The zero-order valence-corrected chi connectivity index (χ0v) is 25.8. The summed E-state index contributed by atoms with van der Waals surface area (Å²) in [6.07, 6.45) is 4.05. The number of piperidine rings is 1. The van der Waals surface area contributed by atoms with Gasteiger partial charge >= 0.3 is 0 Å². The Morgan fingerprint density at radius 2 is 1.74 bits per heavy atom. The summed E-state index contributed by atoms with van der Waals surface area (Å²) in [6, 6.07) is 23.0. The lowest BCUT2D eigenvalue weighted by molar-refractivity contribution is 0.255. The van der Waals surface area contributed by atoms with E-state index < -0.39 is 11.9 Å². The second-order valence-corrected chi connectivity index (χ2v) is 11.9. The molecule has 1 atom stereocenters. The standard InChI is InChI=1S/C33H29FN4O2S.2ClH/c1-37-15-12-21(13-16-37)20-6-8-22(9-7-20)30-19-25-29(41-30)14-17-38(33(25)40)31(24-18-23(34)10-11-28(24)39)32-35-26-4-2-3-5-27(26)36-32;;/h2-11,14,17-19,21,31,39H,12-13,15-16H2,1H3,(H,35,36);2*1H. The number of para-hydroxylation sites is 2. The minimum Gasteiger partial charge on any atom is -0.508 e. The molecule has 6 nitrogen and oxygen atoms in total. The number of nitrogens with one attached hydrogen (secondary N) is 1. The number of thiophene rings is 1. The van der Waals surface area contributed by atoms with Crippen LogP contribution in [-0.4, -0.2) is 44.7 Å². The fraction of sp³-hybridized carbons (Fsp3) is 0.212. The zero-order chi connectivity index (χ0) is 28.1. The molecular formula is C33H31Cl2FN4O2S. The van der Waals surface area contributed by atoms with E-state index >= 15 is 0 Å². The molecule has 222 valence electrons. The number of aromatic amines is 1. The third kappa shape index (κ3) is 5.80. The lowest BCUT2D eigenvalue weighted by Crippen LogP contribution is -2.29. The summed E-state index contributed by atoms with van der Waals surface area (Å²) in [4.78, 5) is 25.4. The van der Waals surface area contributed by atoms with Crippen molar-refractivity contribution in [1.29, 1.82) is 0 Å². The Morgan fingerprint density at radius 3 is 2.49 bits per heavy atom. The van der Waals surface area contributed by atoms with Crippen LogP contribution in [0.2, 0.25) is 0 Å². The number of fused-ring (bicyclic) bond motifs is 2. The summed E-state index contributed by atoms with van der Waals surface area (Å²) in [5, 5.41) is 11.3. The number of nitrogens with zero attached hydrogens (tertiary/aromatic N) is 3. The molecule has 1 aliphatic heterocycles. The highest BCUT2D eigenvalue weighted by Gasteiger charge is 2.26. The van der Waals surface area contributed by atoms with E-state index in [0.29, 0.717) is 17.1 Å². The summed E-state index contributed by atoms with van der Waals surface area (Å²) in [5.41, 5.74) is 3.98. The van der Waals surface area contributed by atoms with Crippen LogP contribution < -0.4 is 5.56 Å². The average molecular weight is 638 g/mol. The first-order chi connectivity index (χ1) is 19.9. The smallest absolute Gasteiger partial charge is 0.260 e. The minimum absolute atomic E-state index is 0. The number of phenolic OH excluding ortho intramolecular Hbond substituents is 1. The number of aromatic nitrogens is 3. The fourth-order valence-electron chi connectivity index (χ4n) is 5.93. The largest absolute Gasteiger partial charge is 0.508 e. The normalized spacial score (nSPS) is 14.8. The first-order valence-electron chi connectivity index (χ1n) is 13.8. The highest BCUT2D eigenvalue weighted by atomic mass is 35.5. The Morgan fingerprint density at radius 1 is 1.00 bits per heavy atom. The van der Waals surface area contributed by atoms with Gasteiger partial charge in [-0.3, -0.25) is 9.36 Å². The number of H-pyrrole nitrogens is 1. The molecule has 6 aromatic rings. The number of pyridine rings is 1. The number of aromatic hydroxyl groups is 1. The SMILES string of the molecule is CN1CCC(c2ccc(-c3cc4c(=O)n(C(c5nc6ccccc6[nH]5)c5cc(F)ccc5O)ccc4s3)cc2)CC1.Cl.Cl. The van der Waals surface area contributed by atoms with Crippen molar-refractivity contribution < 1.29 is 9.50 Å². The Labute approximate surface area is 264 Å². The number of imidazole rings is 1. The molecule has 2 N–H and O–H groups in total. The maximum Gasteiger partial charge on any atom is 0.260 e. The van der Waals surface area contributed by atoms with E-state index in [4.69, 9.17) is 4.98 Å². The van der Waals surface area contributed by atoms with Gasteiger partial charge in [-0.25, -0.2) is 9.37 Å². The molecule has 0 saturated carbocycles. The summed E-state index contributed by atoms with van der Waals surface area (Å²) in [6.45, 7) is 2.24. The Hall–Kier alpha value is -3.69. The predicted molar refractivity (Wildman–Crippen MR) is 177 cm³/mol. The van der Waals surface area contributed by atoms with Crippen molar-refractivity contribution in [2.45, 2.75) is 24.8 Å². The molecule has 10 heteroatoms. The van der Waals surface area contributed by atoms with Crippen molar-refractivity contribution in [2.75, 3.05) is 20.1 Å². The Kier molecular flexibility index (Phi) is 8.94. The van der Waals surface area contributed by atoms with Crippen molar-refractivity contribution in [3.05, 3.63) is 118 Å². The van der Waals surface area contributed by atoms with Crippen LogP contribution in [0, 0.1) is 5.82 Å². The molecule has 1 aliphatic rings. The second-order valence-electron chi connectivity index (χ2n) is 10.9. The van der Waals surface area contributed by atoms with Crippen molar-refractivity contribution in [2.24, 2.45) is 0 Å². The van der Waals surface area contributed by atoms with E-state index in [0.717, 1.165) is 39.3 Å². The number of hydrogen-bond acceptors (Lipinski definition) is 5. The summed E-state index contributed by atoms with van der Waals surface area (Å²) >= 11 is 1.57. The molecule has 1 saturated heterocycles. The third-order valence-electron chi connectivity index (χ3n) is 8.23. The van der Waals surface area contributed by atoms with Gasteiger partial charge in [-0.05, 0) is 92.5 Å². The Bertz CT molecular complexity index is 1910. The fourth-order valence-corrected chi connectivity index (χ4v) is 6.99. The van der Waals surface area contributed by atoms with E-state index in [1.807, 2.05) is 36.4 Å². The molecular weight excluding hydrogens is 606 g/mol. The second kappa shape index (κ2) is 12.5. The predicted octanol–water partition coefficient (Wildman–Crippen LogP) is 7.74. The molecule has 7 rings (SSSR count). The van der Waals surface area contributed by atoms with Crippen molar-refractivity contribution in [3.63, 3.8) is 0 Å². The van der Waals surface area contributed by atoms with E-state index in [1.165, 1.54) is 41.2 Å². The van der Waals surface area contributed by atoms with Gasteiger partial charge in [-0.1, -0.05) is 36.4 Å². The summed E-state index contributed by atoms with van der Waals surface area (Å²) < 4.78 is 16.8. The van der Waals surface area contributed by atoms with Crippen molar-refractivity contribution >= 4 is 57.3 Å². The number of hydrogen-bond donors (Lipinski definition) is 2. The van der Waals surface area contributed by atoms with Gasteiger partial charge in [0.1, 0.15) is 23.4 Å². The van der Waals surface area contributed by atoms with Gasteiger partial charge in [0, 0.05) is 21.3 Å². The first kappa shape index (κ1) is 30.8. The van der Waals surface area contributed by atoms with Crippen LogP contribution in [0.25, 0.3) is 31.6 Å². The van der Waals surface area contributed by atoms with E-state index in [-0.39, 0.29) is 41.7 Å². The molecule has 1 fully saturated rings. The zero-order valence-electron chi connectivity index (χ0n) is 23.4. The van der Waals surface area contributed by atoms with Gasteiger partial charge in [-0.2, -0.15) is 0 Å². The number of rotatable bonds is 5. The summed E-state index contributed by atoms with van der Waals surface area (Å²) in [7, 11) is 2.18. The molecule has 43 heavy (non-hydrogen) atoms. The van der Waals surface area contributed by atoms with E-state index in [9.17, 15) is 14.3 Å². The van der Waals surface area contributed by atoms with Gasteiger partial charge in [0.15, 0.2) is 0 Å². The maximum atomic E-state index is 14.4. The highest BCUT2D eigenvalue weighted by Crippen LogP contribution is 2.36. The van der Waals surface area contributed by atoms with Crippen LogP contribution in [0.4, 0.5) is 4.39 Å². The maximum absolute atomic E-state index is 14.4.